The maximum Gasteiger partial charge on any atom is 0.256 e. The van der Waals surface area contributed by atoms with Crippen LogP contribution in [0.1, 0.15) is 35.7 Å². The molecule has 1 N–H and O–H groups in total. The average Bonchev–Trinajstić information content (AvgIpc) is 3.41. The Morgan fingerprint density at radius 2 is 2.00 bits per heavy atom. The molecule has 0 radical (unpaired) electrons. The number of nitrogens with zero attached hydrogens (tertiary/aromatic N) is 3. The molecule has 2 amide bonds. The molecule has 2 aromatic rings. The van der Waals surface area contributed by atoms with Crippen LogP contribution in [0.5, 0.6) is 0 Å². The van der Waals surface area contributed by atoms with E-state index in [2.05, 4.69) is 10.4 Å². The van der Waals surface area contributed by atoms with Crippen LogP contribution in [0.15, 0.2) is 30.5 Å². The van der Waals surface area contributed by atoms with Gasteiger partial charge in [0.1, 0.15) is 11.6 Å². The first-order valence-corrected chi connectivity index (χ1v) is 10.1. The second kappa shape index (κ2) is 8.51. The third-order valence-corrected chi connectivity index (χ3v) is 5.71. The number of piperidine rings is 1. The van der Waals surface area contributed by atoms with Crippen LogP contribution in [0, 0.1) is 11.7 Å². The van der Waals surface area contributed by atoms with Crippen molar-refractivity contribution in [2.45, 2.75) is 25.3 Å². The summed E-state index contributed by atoms with van der Waals surface area (Å²) in [6.45, 7) is 2.00. The molecular formula is C20H22ClFN4O3. The fraction of sp³-hybridized carbons (Fsp3) is 0.450. The first-order chi connectivity index (χ1) is 14.0. The molecule has 2 aliphatic heterocycles. The van der Waals surface area contributed by atoms with E-state index in [0.29, 0.717) is 50.0 Å². The summed E-state index contributed by atoms with van der Waals surface area (Å²) in [7, 11) is 0. The summed E-state index contributed by atoms with van der Waals surface area (Å²) < 4.78 is 21.1. The molecular weight excluding hydrogens is 399 g/mol. The fourth-order valence-corrected chi connectivity index (χ4v) is 3.99. The molecule has 1 aromatic heterocycles. The summed E-state index contributed by atoms with van der Waals surface area (Å²) in [4.78, 5) is 26.7. The first-order valence-electron chi connectivity index (χ1n) is 9.69. The Balaban J connectivity index is 1.39. The Bertz CT molecular complexity index is 905. The molecule has 0 spiro atoms. The normalized spacial score (nSPS) is 20.1. The third kappa shape index (κ3) is 4.28. The van der Waals surface area contributed by atoms with E-state index in [4.69, 9.17) is 16.3 Å². The summed E-state index contributed by atoms with van der Waals surface area (Å²) in [5, 5.41) is 7.63. The second-order valence-corrected chi connectivity index (χ2v) is 7.79. The first kappa shape index (κ1) is 19.8. The summed E-state index contributed by atoms with van der Waals surface area (Å²) in [5.41, 5.74) is -0.0122. The van der Waals surface area contributed by atoms with E-state index in [1.165, 1.54) is 18.2 Å². The Morgan fingerprint density at radius 1 is 1.21 bits per heavy atom. The number of carbonyl (C=O) groups excluding carboxylic acids is 2. The number of carbonyl (C=O) groups is 2. The lowest BCUT2D eigenvalue weighted by Gasteiger charge is -2.33. The number of hydrogen-bond donors (Lipinski definition) is 1. The van der Waals surface area contributed by atoms with Gasteiger partial charge in [0.15, 0.2) is 0 Å². The molecule has 1 aromatic carbocycles. The highest BCUT2D eigenvalue weighted by Gasteiger charge is 2.29. The van der Waals surface area contributed by atoms with Gasteiger partial charge in [-0.2, -0.15) is 5.10 Å². The molecule has 4 rings (SSSR count). The average molecular weight is 421 g/mol. The van der Waals surface area contributed by atoms with Crippen LogP contribution < -0.4 is 5.32 Å². The van der Waals surface area contributed by atoms with Gasteiger partial charge in [-0.3, -0.25) is 9.59 Å². The van der Waals surface area contributed by atoms with Gasteiger partial charge in [0.05, 0.1) is 30.3 Å². The number of anilines is 1. The Labute approximate surface area is 172 Å². The maximum atomic E-state index is 14.0. The molecule has 0 bridgehead atoms. The van der Waals surface area contributed by atoms with Crippen molar-refractivity contribution in [2.24, 2.45) is 5.92 Å². The lowest BCUT2D eigenvalue weighted by Crippen LogP contribution is -2.40. The highest BCUT2D eigenvalue weighted by Crippen LogP contribution is 2.27. The zero-order valence-corrected chi connectivity index (χ0v) is 16.6. The number of rotatable bonds is 4. The van der Waals surface area contributed by atoms with Crippen LogP contribution in [-0.2, 0) is 9.53 Å². The van der Waals surface area contributed by atoms with Gasteiger partial charge in [-0.1, -0.05) is 11.6 Å². The zero-order valence-electron chi connectivity index (χ0n) is 15.8. The number of benzene rings is 1. The van der Waals surface area contributed by atoms with E-state index >= 15 is 0 Å². The van der Waals surface area contributed by atoms with Crippen molar-refractivity contribution < 1.29 is 18.7 Å². The Kier molecular flexibility index (Phi) is 5.82. The molecule has 9 heteroatoms. The summed E-state index contributed by atoms with van der Waals surface area (Å²) in [5.74, 6) is -0.487. The van der Waals surface area contributed by atoms with Crippen LogP contribution in [0.2, 0.25) is 5.02 Å². The maximum absolute atomic E-state index is 14.0. The molecule has 2 fully saturated rings. The number of amides is 2. The summed E-state index contributed by atoms with van der Waals surface area (Å²) in [6, 6.07) is 5.81. The number of aromatic nitrogens is 2. The predicted octanol–water partition coefficient (Wildman–Crippen LogP) is 3.13. The third-order valence-electron chi connectivity index (χ3n) is 5.48. The van der Waals surface area contributed by atoms with Gasteiger partial charge in [0.25, 0.3) is 5.91 Å². The summed E-state index contributed by atoms with van der Waals surface area (Å²) >= 11 is 5.91. The van der Waals surface area contributed by atoms with Gasteiger partial charge >= 0.3 is 0 Å². The van der Waals surface area contributed by atoms with E-state index in [9.17, 15) is 14.0 Å². The van der Waals surface area contributed by atoms with Gasteiger partial charge in [-0.15, -0.1) is 0 Å². The van der Waals surface area contributed by atoms with Crippen molar-refractivity contribution >= 4 is 29.2 Å². The topological polar surface area (TPSA) is 76.5 Å². The molecule has 154 valence electrons. The largest absolute Gasteiger partial charge is 0.381 e. The van der Waals surface area contributed by atoms with Crippen molar-refractivity contribution in [1.29, 1.82) is 0 Å². The lowest BCUT2D eigenvalue weighted by atomic mass is 10.0. The van der Waals surface area contributed by atoms with Gasteiger partial charge in [0.2, 0.25) is 5.91 Å². The Hall–Kier alpha value is -2.45. The molecule has 1 atom stereocenters. The molecule has 7 nitrogen and oxygen atoms in total. The molecule has 29 heavy (non-hydrogen) atoms. The lowest BCUT2D eigenvalue weighted by molar-refractivity contribution is -0.119. The van der Waals surface area contributed by atoms with E-state index < -0.39 is 5.82 Å². The quantitative estimate of drug-likeness (QED) is 0.824. The van der Waals surface area contributed by atoms with Crippen LogP contribution in [0.3, 0.4) is 0 Å². The van der Waals surface area contributed by atoms with Crippen molar-refractivity contribution in [2.75, 3.05) is 31.6 Å². The van der Waals surface area contributed by atoms with Gasteiger partial charge in [0, 0.05) is 30.8 Å². The minimum Gasteiger partial charge on any atom is -0.381 e. The Morgan fingerprint density at radius 3 is 2.72 bits per heavy atom. The van der Waals surface area contributed by atoms with Gasteiger partial charge in [-0.25, -0.2) is 9.07 Å². The van der Waals surface area contributed by atoms with E-state index in [1.807, 2.05) is 0 Å². The van der Waals surface area contributed by atoms with Crippen molar-refractivity contribution in [3.8, 4) is 0 Å². The van der Waals surface area contributed by atoms with Crippen molar-refractivity contribution in [3.63, 3.8) is 0 Å². The van der Waals surface area contributed by atoms with Crippen LogP contribution in [-0.4, -0.2) is 52.8 Å². The molecule has 2 aliphatic rings. The predicted molar refractivity (Wildman–Crippen MR) is 105 cm³/mol. The van der Waals surface area contributed by atoms with Crippen LogP contribution in [0.4, 0.5) is 10.2 Å². The molecule has 2 saturated heterocycles. The summed E-state index contributed by atoms with van der Waals surface area (Å²) in [6.07, 6.45) is 3.69. The highest BCUT2D eigenvalue weighted by molar-refractivity contribution is 6.31. The monoisotopic (exact) mass is 420 g/mol. The number of ether oxygens (including phenoxy) is 1. The van der Waals surface area contributed by atoms with E-state index in [-0.39, 0.29) is 29.3 Å². The number of hydrogen-bond acceptors (Lipinski definition) is 4. The number of likely N-dealkylation sites (tertiary alicyclic amines) is 1. The number of nitrogens with one attached hydrogen (secondary N) is 1. The SMILES string of the molecule is O=C(Nc1ccnn1C1CCN(C(=O)c2cc(Cl)ccc2F)CC1)[C@@H]1CCOC1. The fourth-order valence-electron chi connectivity index (χ4n) is 3.82. The minimum atomic E-state index is -0.575. The van der Waals surface area contributed by atoms with E-state index in [0.717, 1.165) is 6.42 Å². The number of halogens is 2. The molecule has 0 unspecified atom stereocenters. The van der Waals surface area contributed by atoms with Crippen molar-refractivity contribution in [3.05, 3.63) is 46.9 Å². The highest BCUT2D eigenvalue weighted by atomic mass is 35.5. The smallest absolute Gasteiger partial charge is 0.256 e. The molecule has 0 aliphatic carbocycles. The standard InChI is InChI=1S/C20H22ClFN4O3/c21-14-1-2-17(22)16(11-14)20(28)25-8-4-15(5-9-25)26-18(3-7-23-26)24-19(27)13-6-10-29-12-13/h1-3,7,11,13,15H,4-6,8-10,12H2,(H,24,27)/t13-/m1/s1. The van der Waals surface area contributed by atoms with Crippen LogP contribution in [0.25, 0.3) is 0 Å². The van der Waals surface area contributed by atoms with Gasteiger partial charge in [-0.05, 0) is 37.5 Å². The van der Waals surface area contributed by atoms with E-state index in [1.54, 1.807) is 21.8 Å². The van der Waals surface area contributed by atoms with Gasteiger partial charge < -0.3 is 15.0 Å². The minimum absolute atomic E-state index is 0.0122. The van der Waals surface area contributed by atoms with Crippen molar-refractivity contribution in [1.82, 2.24) is 14.7 Å². The molecule has 0 saturated carbocycles. The molecule has 3 heterocycles. The second-order valence-electron chi connectivity index (χ2n) is 7.36. The van der Waals surface area contributed by atoms with Crippen LogP contribution >= 0.6 is 11.6 Å². The zero-order chi connectivity index (χ0) is 20.4.